The molecule has 1 atom stereocenters. The van der Waals surface area contributed by atoms with Crippen LogP contribution in [0.3, 0.4) is 0 Å². The van der Waals surface area contributed by atoms with Crippen molar-refractivity contribution in [3.05, 3.63) is 34.3 Å². The molecule has 1 unspecified atom stereocenters. The summed E-state index contributed by atoms with van der Waals surface area (Å²) in [6, 6.07) is 7.30. The Balaban J connectivity index is 2.80. The van der Waals surface area contributed by atoms with Crippen LogP contribution in [0.5, 0.6) is 0 Å². The molecule has 0 aliphatic carbocycles. The summed E-state index contributed by atoms with van der Waals surface area (Å²) in [7, 11) is 0. The number of rotatable bonds is 4. The maximum absolute atomic E-state index is 11.9. The van der Waals surface area contributed by atoms with E-state index in [1.807, 2.05) is 26.0 Å². The first kappa shape index (κ1) is 13.5. The van der Waals surface area contributed by atoms with Gasteiger partial charge >= 0.3 is 0 Å². The van der Waals surface area contributed by atoms with E-state index in [0.29, 0.717) is 11.4 Å². The fourth-order valence-corrected chi connectivity index (χ4v) is 1.85. The van der Waals surface area contributed by atoms with Gasteiger partial charge in [0.1, 0.15) is 0 Å². The first-order valence-corrected chi connectivity index (χ1v) is 6.47. The van der Waals surface area contributed by atoms with E-state index in [1.165, 1.54) is 0 Å². The monoisotopic (exact) mass is 303 g/mol. The van der Waals surface area contributed by atoms with Gasteiger partial charge < -0.3 is 5.32 Å². The highest BCUT2D eigenvalue weighted by molar-refractivity contribution is 9.10. The van der Waals surface area contributed by atoms with Gasteiger partial charge in [-0.15, -0.1) is 11.6 Å². The molecule has 0 spiro atoms. The van der Waals surface area contributed by atoms with E-state index in [9.17, 15) is 4.79 Å². The Labute approximate surface area is 110 Å². The van der Waals surface area contributed by atoms with Crippen LogP contribution in [0.1, 0.15) is 30.6 Å². The van der Waals surface area contributed by atoms with Crippen molar-refractivity contribution in [3.8, 4) is 0 Å². The highest BCUT2D eigenvalue weighted by atomic mass is 79.9. The second kappa shape index (κ2) is 5.69. The second-order valence-electron chi connectivity index (χ2n) is 4.01. The van der Waals surface area contributed by atoms with E-state index < -0.39 is 0 Å². The maximum Gasteiger partial charge on any atom is 0.251 e. The third-order valence-electron chi connectivity index (χ3n) is 2.58. The lowest BCUT2D eigenvalue weighted by molar-refractivity contribution is 0.0912. The van der Waals surface area contributed by atoms with Crippen LogP contribution in [-0.4, -0.2) is 17.3 Å². The van der Waals surface area contributed by atoms with Crippen LogP contribution in [0.4, 0.5) is 0 Å². The first-order chi connectivity index (χ1) is 7.50. The molecular formula is C12H15BrClNO. The molecule has 88 valence electrons. The third-order valence-corrected chi connectivity index (χ3v) is 3.66. The van der Waals surface area contributed by atoms with Crippen molar-refractivity contribution in [3.63, 3.8) is 0 Å². The van der Waals surface area contributed by atoms with Gasteiger partial charge in [-0.25, -0.2) is 0 Å². The predicted octanol–water partition coefficient (Wildman–Crippen LogP) is 3.59. The number of benzene rings is 1. The SMILES string of the molecule is CCC(C)(CCl)NC(=O)c1cccc(Br)c1. The van der Waals surface area contributed by atoms with Gasteiger partial charge in [-0.05, 0) is 31.5 Å². The van der Waals surface area contributed by atoms with E-state index in [1.54, 1.807) is 12.1 Å². The molecule has 0 bridgehead atoms. The summed E-state index contributed by atoms with van der Waals surface area (Å²) in [5, 5.41) is 2.94. The highest BCUT2D eigenvalue weighted by Crippen LogP contribution is 2.15. The summed E-state index contributed by atoms with van der Waals surface area (Å²) < 4.78 is 0.893. The molecule has 1 rings (SSSR count). The molecule has 1 N–H and O–H groups in total. The Morgan fingerprint density at radius 2 is 2.25 bits per heavy atom. The van der Waals surface area contributed by atoms with E-state index in [4.69, 9.17) is 11.6 Å². The number of halogens is 2. The molecule has 16 heavy (non-hydrogen) atoms. The zero-order chi connectivity index (χ0) is 12.2. The predicted molar refractivity (Wildman–Crippen MR) is 71.0 cm³/mol. The largest absolute Gasteiger partial charge is 0.346 e. The Morgan fingerprint density at radius 1 is 1.56 bits per heavy atom. The van der Waals surface area contributed by atoms with Crippen molar-refractivity contribution in [2.75, 3.05) is 5.88 Å². The number of amides is 1. The molecule has 0 radical (unpaired) electrons. The molecule has 0 heterocycles. The minimum Gasteiger partial charge on any atom is -0.346 e. The fraction of sp³-hybridized carbons (Fsp3) is 0.417. The van der Waals surface area contributed by atoms with Crippen LogP contribution in [0, 0.1) is 0 Å². The number of hydrogen-bond donors (Lipinski definition) is 1. The number of alkyl halides is 1. The van der Waals surface area contributed by atoms with E-state index in [2.05, 4.69) is 21.2 Å². The van der Waals surface area contributed by atoms with E-state index in [-0.39, 0.29) is 11.4 Å². The van der Waals surface area contributed by atoms with Gasteiger partial charge in [0.05, 0.1) is 5.54 Å². The van der Waals surface area contributed by atoms with E-state index >= 15 is 0 Å². The number of carbonyl (C=O) groups excluding carboxylic acids is 1. The van der Waals surface area contributed by atoms with Crippen LogP contribution in [0.2, 0.25) is 0 Å². The van der Waals surface area contributed by atoms with Crippen LogP contribution < -0.4 is 5.32 Å². The van der Waals surface area contributed by atoms with Crippen LogP contribution >= 0.6 is 27.5 Å². The molecule has 0 aliphatic rings. The quantitative estimate of drug-likeness (QED) is 0.846. The van der Waals surface area contributed by atoms with Gasteiger partial charge in [0, 0.05) is 15.9 Å². The molecule has 0 saturated heterocycles. The molecule has 0 aliphatic heterocycles. The average Bonchev–Trinajstić information content (AvgIpc) is 2.29. The van der Waals surface area contributed by atoms with Crippen molar-refractivity contribution in [1.29, 1.82) is 0 Å². The van der Waals surface area contributed by atoms with Gasteiger partial charge in [-0.3, -0.25) is 4.79 Å². The van der Waals surface area contributed by atoms with Crippen molar-refractivity contribution >= 4 is 33.4 Å². The minimum absolute atomic E-state index is 0.0914. The summed E-state index contributed by atoms with van der Waals surface area (Å²) in [6.07, 6.45) is 0.802. The van der Waals surface area contributed by atoms with Gasteiger partial charge in [0.15, 0.2) is 0 Å². The normalized spacial score (nSPS) is 14.2. The molecule has 1 amide bonds. The summed E-state index contributed by atoms with van der Waals surface area (Å²) in [5.74, 6) is 0.315. The Hall–Kier alpha value is -0.540. The van der Waals surface area contributed by atoms with Gasteiger partial charge in [-0.1, -0.05) is 28.9 Å². The highest BCUT2D eigenvalue weighted by Gasteiger charge is 2.23. The Bertz CT molecular complexity index is 377. The number of hydrogen-bond acceptors (Lipinski definition) is 1. The average molecular weight is 305 g/mol. The van der Waals surface area contributed by atoms with Gasteiger partial charge in [-0.2, -0.15) is 0 Å². The molecule has 1 aromatic rings. The van der Waals surface area contributed by atoms with Gasteiger partial charge in [0.2, 0.25) is 0 Å². The zero-order valence-electron chi connectivity index (χ0n) is 9.39. The zero-order valence-corrected chi connectivity index (χ0v) is 11.7. The van der Waals surface area contributed by atoms with Crippen molar-refractivity contribution in [2.24, 2.45) is 0 Å². The summed E-state index contributed by atoms with van der Waals surface area (Å²) in [5.41, 5.74) is 0.292. The Morgan fingerprint density at radius 3 is 2.75 bits per heavy atom. The summed E-state index contributed by atoms with van der Waals surface area (Å²) >= 11 is 9.19. The lowest BCUT2D eigenvalue weighted by atomic mass is 10.0. The fourth-order valence-electron chi connectivity index (χ4n) is 1.19. The summed E-state index contributed by atoms with van der Waals surface area (Å²) in [4.78, 5) is 11.9. The molecule has 1 aromatic carbocycles. The number of nitrogens with one attached hydrogen (secondary N) is 1. The van der Waals surface area contributed by atoms with Crippen LogP contribution in [0.25, 0.3) is 0 Å². The molecule has 2 nitrogen and oxygen atoms in total. The smallest absolute Gasteiger partial charge is 0.251 e. The molecule has 0 fully saturated rings. The Kier molecular flexibility index (Phi) is 4.81. The standard InChI is InChI=1S/C12H15BrClNO/c1-3-12(2,8-14)15-11(16)9-5-4-6-10(13)7-9/h4-7H,3,8H2,1-2H3,(H,15,16). The van der Waals surface area contributed by atoms with Crippen LogP contribution in [-0.2, 0) is 0 Å². The second-order valence-corrected chi connectivity index (χ2v) is 5.20. The van der Waals surface area contributed by atoms with Crippen LogP contribution in [0.15, 0.2) is 28.7 Å². The molecule has 0 saturated carbocycles. The summed E-state index contributed by atoms with van der Waals surface area (Å²) in [6.45, 7) is 3.94. The first-order valence-electron chi connectivity index (χ1n) is 5.15. The molecule has 0 aromatic heterocycles. The third kappa shape index (κ3) is 3.49. The minimum atomic E-state index is -0.346. The lowest BCUT2D eigenvalue weighted by Crippen LogP contribution is -2.47. The van der Waals surface area contributed by atoms with Crippen molar-refractivity contribution in [1.82, 2.24) is 5.32 Å². The lowest BCUT2D eigenvalue weighted by Gasteiger charge is -2.27. The maximum atomic E-state index is 11.9. The van der Waals surface area contributed by atoms with Crippen molar-refractivity contribution < 1.29 is 4.79 Å². The molecular weight excluding hydrogens is 289 g/mol. The number of carbonyl (C=O) groups is 1. The topological polar surface area (TPSA) is 29.1 Å². The van der Waals surface area contributed by atoms with Crippen molar-refractivity contribution in [2.45, 2.75) is 25.8 Å². The molecule has 4 heteroatoms. The van der Waals surface area contributed by atoms with Gasteiger partial charge in [0.25, 0.3) is 5.91 Å². The van der Waals surface area contributed by atoms with E-state index in [0.717, 1.165) is 10.9 Å².